The van der Waals surface area contributed by atoms with Gasteiger partial charge in [0.2, 0.25) is 0 Å². The summed E-state index contributed by atoms with van der Waals surface area (Å²) in [5.41, 5.74) is 0.134. The maximum Gasteiger partial charge on any atom is 0.329 e. The number of esters is 1. The highest BCUT2D eigenvalue weighted by Crippen LogP contribution is 2.17. The highest BCUT2D eigenvalue weighted by atomic mass is 19.1. The maximum atomic E-state index is 13.0. The van der Waals surface area contributed by atoms with E-state index >= 15 is 0 Å². The Labute approximate surface area is 177 Å². The number of benzene rings is 2. The van der Waals surface area contributed by atoms with Gasteiger partial charge < -0.3 is 15.4 Å². The highest BCUT2D eigenvalue weighted by molar-refractivity contribution is 5.98. The van der Waals surface area contributed by atoms with E-state index in [2.05, 4.69) is 10.6 Å². The molecule has 0 aromatic heterocycles. The summed E-state index contributed by atoms with van der Waals surface area (Å²) in [7, 11) is 0. The lowest BCUT2D eigenvalue weighted by Gasteiger charge is -2.23. The first-order valence-electron chi connectivity index (χ1n) is 9.40. The molecule has 0 aliphatic rings. The van der Waals surface area contributed by atoms with Crippen molar-refractivity contribution >= 4 is 29.2 Å². The molecule has 31 heavy (non-hydrogen) atoms. The van der Waals surface area contributed by atoms with E-state index in [-0.39, 0.29) is 22.9 Å². The van der Waals surface area contributed by atoms with Gasteiger partial charge in [0.1, 0.15) is 11.9 Å². The van der Waals surface area contributed by atoms with Crippen molar-refractivity contribution in [2.24, 2.45) is 5.92 Å². The summed E-state index contributed by atoms with van der Waals surface area (Å²) >= 11 is 0. The molecule has 0 unspecified atom stereocenters. The zero-order chi connectivity index (χ0) is 23.1. The van der Waals surface area contributed by atoms with Gasteiger partial charge in [-0.25, -0.2) is 9.18 Å². The summed E-state index contributed by atoms with van der Waals surface area (Å²) in [6, 6.07) is 9.07. The van der Waals surface area contributed by atoms with Crippen LogP contribution in [0.5, 0.6) is 0 Å². The van der Waals surface area contributed by atoms with E-state index in [9.17, 15) is 28.9 Å². The Balaban J connectivity index is 2.01. The molecule has 0 saturated heterocycles. The third kappa shape index (κ3) is 6.59. The van der Waals surface area contributed by atoms with Crippen LogP contribution in [0.1, 0.15) is 31.1 Å². The van der Waals surface area contributed by atoms with Gasteiger partial charge in [0.05, 0.1) is 4.92 Å². The molecule has 0 radical (unpaired) electrons. The Kier molecular flexibility index (Phi) is 7.78. The van der Waals surface area contributed by atoms with E-state index < -0.39 is 40.7 Å². The van der Waals surface area contributed by atoms with E-state index in [0.29, 0.717) is 0 Å². The first-order chi connectivity index (χ1) is 14.6. The van der Waals surface area contributed by atoms with Crippen molar-refractivity contribution < 1.29 is 28.4 Å². The van der Waals surface area contributed by atoms with E-state index in [1.807, 2.05) is 0 Å². The van der Waals surface area contributed by atoms with Crippen molar-refractivity contribution in [3.8, 4) is 0 Å². The minimum Gasteiger partial charge on any atom is -0.451 e. The average molecular weight is 431 g/mol. The standard InChI is InChI=1S/C21H22FN3O6/c1-12(2)18(24-20(27)14-7-9-15(22)10-8-14)21(28)31-13(3)19(26)23-16-5-4-6-17(11-16)25(29)30/h4-13,18H,1-3H3,(H,23,26)(H,24,27)/t13-,18-/m0/s1. The number of nitro benzene ring substituents is 1. The summed E-state index contributed by atoms with van der Waals surface area (Å²) in [5.74, 6) is -2.97. The highest BCUT2D eigenvalue weighted by Gasteiger charge is 2.29. The van der Waals surface area contributed by atoms with Crippen molar-refractivity contribution in [1.29, 1.82) is 0 Å². The molecule has 2 amide bonds. The third-order valence-corrected chi connectivity index (χ3v) is 4.30. The average Bonchev–Trinajstić information content (AvgIpc) is 2.72. The summed E-state index contributed by atoms with van der Waals surface area (Å²) in [6.07, 6.45) is -1.23. The Morgan fingerprint density at radius 1 is 1.06 bits per heavy atom. The van der Waals surface area contributed by atoms with Crippen LogP contribution >= 0.6 is 0 Å². The van der Waals surface area contributed by atoms with Crippen molar-refractivity contribution in [2.75, 3.05) is 5.32 Å². The van der Waals surface area contributed by atoms with Crippen LogP contribution in [0, 0.1) is 21.8 Å². The third-order valence-electron chi connectivity index (χ3n) is 4.30. The van der Waals surface area contributed by atoms with Crippen LogP contribution in [-0.4, -0.2) is 34.9 Å². The van der Waals surface area contributed by atoms with Crippen LogP contribution in [-0.2, 0) is 14.3 Å². The normalized spacial score (nSPS) is 12.5. The lowest BCUT2D eigenvalue weighted by Crippen LogP contribution is -2.47. The minimum atomic E-state index is -1.23. The van der Waals surface area contributed by atoms with Gasteiger partial charge in [-0.15, -0.1) is 0 Å². The number of halogens is 1. The van der Waals surface area contributed by atoms with Crippen LogP contribution in [0.25, 0.3) is 0 Å². The van der Waals surface area contributed by atoms with Gasteiger partial charge in [-0.05, 0) is 43.2 Å². The van der Waals surface area contributed by atoms with Gasteiger partial charge in [0.25, 0.3) is 17.5 Å². The zero-order valence-electron chi connectivity index (χ0n) is 17.1. The number of ether oxygens (including phenoxy) is 1. The van der Waals surface area contributed by atoms with Crippen LogP contribution in [0.4, 0.5) is 15.8 Å². The Hall–Kier alpha value is -3.82. The van der Waals surface area contributed by atoms with E-state index in [1.54, 1.807) is 13.8 Å². The summed E-state index contributed by atoms with van der Waals surface area (Å²) in [6.45, 7) is 4.71. The van der Waals surface area contributed by atoms with Crippen molar-refractivity contribution in [3.05, 3.63) is 70.0 Å². The summed E-state index contributed by atoms with van der Waals surface area (Å²) in [5, 5.41) is 15.8. The summed E-state index contributed by atoms with van der Waals surface area (Å²) < 4.78 is 18.2. The number of hydrogen-bond acceptors (Lipinski definition) is 6. The zero-order valence-corrected chi connectivity index (χ0v) is 17.1. The largest absolute Gasteiger partial charge is 0.451 e. The molecule has 2 aromatic rings. The lowest BCUT2D eigenvalue weighted by atomic mass is 10.0. The molecule has 0 aliphatic heterocycles. The quantitative estimate of drug-likeness (QED) is 0.376. The smallest absolute Gasteiger partial charge is 0.329 e. The molecule has 0 spiro atoms. The van der Waals surface area contributed by atoms with Gasteiger partial charge in [-0.2, -0.15) is 0 Å². The number of amides is 2. The van der Waals surface area contributed by atoms with Crippen LogP contribution in [0.3, 0.4) is 0 Å². The van der Waals surface area contributed by atoms with Crippen molar-refractivity contribution in [2.45, 2.75) is 32.9 Å². The molecule has 2 atom stereocenters. The first-order valence-corrected chi connectivity index (χ1v) is 9.40. The first kappa shape index (κ1) is 23.5. The van der Waals surface area contributed by atoms with Crippen LogP contribution in [0.15, 0.2) is 48.5 Å². The maximum absolute atomic E-state index is 13.0. The fraction of sp³-hybridized carbons (Fsp3) is 0.286. The molecule has 2 N–H and O–H groups in total. The number of nitro groups is 1. The number of carbonyl (C=O) groups excluding carboxylic acids is 3. The number of rotatable bonds is 8. The number of carbonyl (C=O) groups is 3. The van der Waals surface area contributed by atoms with E-state index in [4.69, 9.17) is 4.74 Å². The molecule has 0 bridgehead atoms. The number of hydrogen-bond donors (Lipinski definition) is 2. The lowest BCUT2D eigenvalue weighted by molar-refractivity contribution is -0.384. The SMILES string of the molecule is CC(C)[C@H](NC(=O)c1ccc(F)cc1)C(=O)O[C@@H](C)C(=O)Nc1cccc([N+](=O)[O-])c1. The molecule has 9 nitrogen and oxygen atoms in total. The second kappa shape index (κ2) is 10.3. The number of anilines is 1. The summed E-state index contributed by atoms with van der Waals surface area (Å²) in [4.78, 5) is 47.4. The molecule has 0 saturated carbocycles. The van der Waals surface area contributed by atoms with Gasteiger partial charge in [0.15, 0.2) is 6.10 Å². The topological polar surface area (TPSA) is 128 Å². The second-order valence-electron chi connectivity index (χ2n) is 7.08. The van der Waals surface area contributed by atoms with Gasteiger partial charge >= 0.3 is 5.97 Å². The number of non-ortho nitro benzene ring substituents is 1. The van der Waals surface area contributed by atoms with Gasteiger partial charge in [-0.1, -0.05) is 19.9 Å². The molecular formula is C21H22FN3O6. The predicted molar refractivity (Wildman–Crippen MR) is 110 cm³/mol. The number of nitrogens with zero attached hydrogens (tertiary/aromatic N) is 1. The molecule has 164 valence electrons. The van der Waals surface area contributed by atoms with E-state index in [1.165, 1.54) is 43.3 Å². The van der Waals surface area contributed by atoms with Gasteiger partial charge in [-0.3, -0.25) is 19.7 Å². The van der Waals surface area contributed by atoms with E-state index in [0.717, 1.165) is 12.1 Å². The predicted octanol–water partition coefficient (Wildman–Crippen LogP) is 3.06. The van der Waals surface area contributed by atoms with Gasteiger partial charge in [0, 0.05) is 23.4 Å². The Bertz CT molecular complexity index is 977. The molecule has 10 heteroatoms. The Morgan fingerprint density at radius 3 is 2.29 bits per heavy atom. The van der Waals surface area contributed by atoms with Crippen molar-refractivity contribution in [3.63, 3.8) is 0 Å². The van der Waals surface area contributed by atoms with Crippen LogP contribution in [0.2, 0.25) is 0 Å². The molecule has 2 aromatic carbocycles. The monoisotopic (exact) mass is 431 g/mol. The second-order valence-corrected chi connectivity index (χ2v) is 7.08. The Morgan fingerprint density at radius 2 is 1.71 bits per heavy atom. The molecule has 0 fully saturated rings. The minimum absolute atomic E-state index is 0.163. The molecule has 0 aliphatic carbocycles. The molecular weight excluding hydrogens is 409 g/mol. The molecule has 0 heterocycles. The van der Waals surface area contributed by atoms with Crippen LogP contribution < -0.4 is 10.6 Å². The molecule has 2 rings (SSSR count). The van der Waals surface area contributed by atoms with Crippen molar-refractivity contribution in [1.82, 2.24) is 5.32 Å². The number of nitrogens with one attached hydrogen (secondary N) is 2. The fourth-order valence-corrected chi connectivity index (χ4v) is 2.57. The fourth-order valence-electron chi connectivity index (χ4n) is 2.57.